The second kappa shape index (κ2) is 4.92. The summed E-state index contributed by atoms with van der Waals surface area (Å²) in [5, 5.41) is -1.16. The molecule has 2 atom stereocenters. The van der Waals surface area contributed by atoms with E-state index in [1.807, 2.05) is 13.8 Å². The standard InChI is InChI=1S/C16H22O4S/c1-6-16(5)14(13(17)15(3,4)20-16)21(18,19)12-9-7-11(2)8-10-12/h7-10,14H,6H2,1-5H3/t14-,16+/m1/s1. The fourth-order valence-corrected chi connectivity index (χ4v) is 5.09. The van der Waals surface area contributed by atoms with Gasteiger partial charge in [-0.25, -0.2) is 8.42 Å². The minimum Gasteiger partial charge on any atom is -0.360 e. The van der Waals surface area contributed by atoms with Crippen molar-refractivity contribution in [3.63, 3.8) is 0 Å². The van der Waals surface area contributed by atoms with Crippen LogP contribution in [0.5, 0.6) is 0 Å². The molecule has 4 nitrogen and oxygen atoms in total. The third kappa shape index (κ3) is 2.53. The van der Waals surface area contributed by atoms with Crippen LogP contribution in [0, 0.1) is 6.92 Å². The maximum Gasteiger partial charge on any atom is 0.191 e. The van der Waals surface area contributed by atoms with Crippen LogP contribution in [0.1, 0.15) is 39.7 Å². The highest BCUT2D eigenvalue weighted by Crippen LogP contribution is 2.42. The molecule has 1 heterocycles. The van der Waals surface area contributed by atoms with E-state index >= 15 is 0 Å². The Kier molecular flexibility index (Phi) is 3.79. The molecule has 1 aliphatic heterocycles. The Balaban J connectivity index is 2.57. The van der Waals surface area contributed by atoms with Crippen molar-refractivity contribution in [2.75, 3.05) is 0 Å². The molecule has 0 N–H and O–H groups in total. The monoisotopic (exact) mass is 310 g/mol. The molecule has 0 aliphatic carbocycles. The average Bonchev–Trinajstić information content (AvgIpc) is 2.57. The van der Waals surface area contributed by atoms with Gasteiger partial charge in [0.05, 0.1) is 10.5 Å². The third-order valence-electron chi connectivity index (χ3n) is 4.24. The van der Waals surface area contributed by atoms with Crippen LogP contribution >= 0.6 is 0 Å². The molecule has 1 fully saturated rings. The van der Waals surface area contributed by atoms with Gasteiger partial charge in [-0.15, -0.1) is 0 Å². The van der Waals surface area contributed by atoms with Gasteiger partial charge in [0, 0.05) is 0 Å². The molecule has 0 bridgehead atoms. The quantitative estimate of drug-likeness (QED) is 0.861. The Bertz CT molecular complexity index is 658. The lowest BCUT2D eigenvalue weighted by molar-refractivity contribution is -0.133. The van der Waals surface area contributed by atoms with Crippen molar-refractivity contribution in [1.82, 2.24) is 0 Å². The van der Waals surface area contributed by atoms with E-state index in [4.69, 9.17) is 4.74 Å². The zero-order chi connectivity index (χ0) is 16.1. The Morgan fingerprint density at radius 1 is 1.14 bits per heavy atom. The van der Waals surface area contributed by atoms with Gasteiger partial charge in [-0.2, -0.15) is 0 Å². The van der Waals surface area contributed by atoms with Crippen LogP contribution in [0.3, 0.4) is 0 Å². The summed E-state index contributed by atoms with van der Waals surface area (Å²) >= 11 is 0. The number of carbonyl (C=O) groups is 1. The van der Waals surface area contributed by atoms with E-state index in [9.17, 15) is 13.2 Å². The average molecular weight is 310 g/mol. The van der Waals surface area contributed by atoms with Gasteiger partial charge in [0.1, 0.15) is 5.60 Å². The number of Topliss-reactive ketones (excluding diaryl/α,β-unsaturated/α-hetero) is 1. The predicted molar refractivity (Wildman–Crippen MR) is 81.0 cm³/mol. The van der Waals surface area contributed by atoms with E-state index in [-0.39, 0.29) is 10.7 Å². The molecule has 0 saturated carbocycles. The molecule has 1 aromatic carbocycles. The number of rotatable bonds is 3. The first-order valence-electron chi connectivity index (χ1n) is 7.09. The maximum absolute atomic E-state index is 12.9. The summed E-state index contributed by atoms with van der Waals surface area (Å²) in [5.41, 5.74) is -1.10. The van der Waals surface area contributed by atoms with Crippen LogP contribution in [0.2, 0.25) is 0 Å². The van der Waals surface area contributed by atoms with Gasteiger partial charge in [-0.3, -0.25) is 4.79 Å². The van der Waals surface area contributed by atoms with Gasteiger partial charge in [0.25, 0.3) is 0 Å². The summed E-state index contributed by atoms with van der Waals surface area (Å²) < 4.78 is 31.6. The van der Waals surface area contributed by atoms with E-state index in [0.717, 1.165) is 5.56 Å². The minimum absolute atomic E-state index is 0.174. The van der Waals surface area contributed by atoms with Crippen LogP contribution in [0.15, 0.2) is 29.2 Å². The number of hydrogen-bond donors (Lipinski definition) is 0. The van der Waals surface area contributed by atoms with Crippen molar-refractivity contribution in [3.8, 4) is 0 Å². The lowest BCUT2D eigenvalue weighted by Crippen LogP contribution is -2.44. The Labute approximate surface area is 126 Å². The molecule has 116 valence electrons. The van der Waals surface area contributed by atoms with E-state index in [2.05, 4.69) is 0 Å². The van der Waals surface area contributed by atoms with Crippen LogP contribution in [-0.2, 0) is 19.4 Å². The van der Waals surface area contributed by atoms with E-state index in [0.29, 0.717) is 6.42 Å². The van der Waals surface area contributed by atoms with Gasteiger partial charge in [-0.05, 0) is 46.2 Å². The molecule has 0 amide bonds. The summed E-state index contributed by atoms with van der Waals surface area (Å²) in [5.74, 6) is -0.368. The van der Waals surface area contributed by atoms with Gasteiger partial charge >= 0.3 is 0 Å². The van der Waals surface area contributed by atoms with E-state index in [1.54, 1.807) is 45.0 Å². The molecule has 0 radical (unpaired) electrons. The molecule has 0 unspecified atom stereocenters. The van der Waals surface area contributed by atoms with Gasteiger partial charge in [0.15, 0.2) is 20.9 Å². The number of ketones is 1. The van der Waals surface area contributed by atoms with Crippen LogP contribution < -0.4 is 0 Å². The molecular formula is C16H22O4S. The maximum atomic E-state index is 12.9. The normalized spacial score (nSPS) is 28.8. The summed E-state index contributed by atoms with van der Waals surface area (Å²) in [4.78, 5) is 12.8. The second-order valence-electron chi connectivity index (χ2n) is 6.38. The zero-order valence-corrected chi connectivity index (χ0v) is 14.0. The Morgan fingerprint density at radius 3 is 2.14 bits per heavy atom. The molecule has 21 heavy (non-hydrogen) atoms. The first-order valence-corrected chi connectivity index (χ1v) is 8.64. The number of carbonyl (C=O) groups excluding carboxylic acids is 1. The number of benzene rings is 1. The summed E-state index contributed by atoms with van der Waals surface area (Å²) in [6, 6.07) is 6.59. The third-order valence-corrected chi connectivity index (χ3v) is 6.50. The Hall–Kier alpha value is -1.20. The van der Waals surface area contributed by atoms with Crippen molar-refractivity contribution in [2.45, 2.75) is 62.4 Å². The number of hydrogen-bond acceptors (Lipinski definition) is 4. The van der Waals surface area contributed by atoms with Crippen molar-refractivity contribution < 1.29 is 17.9 Å². The van der Waals surface area contributed by atoms with Crippen LogP contribution in [0.4, 0.5) is 0 Å². The van der Waals surface area contributed by atoms with E-state index < -0.39 is 26.3 Å². The molecule has 1 aromatic rings. The van der Waals surface area contributed by atoms with Crippen molar-refractivity contribution in [2.24, 2.45) is 0 Å². The first kappa shape index (κ1) is 16.2. The van der Waals surface area contributed by atoms with Crippen molar-refractivity contribution in [3.05, 3.63) is 29.8 Å². The zero-order valence-electron chi connectivity index (χ0n) is 13.1. The van der Waals surface area contributed by atoms with Gasteiger partial charge < -0.3 is 4.74 Å². The Morgan fingerprint density at radius 2 is 1.67 bits per heavy atom. The lowest BCUT2D eigenvalue weighted by atomic mass is 9.95. The number of sulfone groups is 1. The van der Waals surface area contributed by atoms with Gasteiger partial charge in [0.2, 0.25) is 0 Å². The lowest BCUT2D eigenvalue weighted by Gasteiger charge is -2.28. The summed E-state index contributed by atoms with van der Waals surface area (Å²) in [6.45, 7) is 8.70. The summed E-state index contributed by atoms with van der Waals surface area (Å²) in [6.07, 6.45) is 0.456. The molecule has 0 aromatic heterocycles. The van der Waals surface area contributed by atoms with Crippen molar-refractivity contribution in [1.29, 1.82) is 0 Å². The second-order valence-corrected chi connectivity index (χ2v) is 8.41. The first-order chi connectivity index (χ1) is 9.54. The van der Waals surface area contributed by atoms with Crippen molar-refractivity contribution >= 4 is 15.6 Å². The number of ether oxygens (including phenoxy) is 1. The van der Waals surface area contributed by atoms with Gasteiger partial charge in [-0.1, -0.05) is 24.6 Å². The molecule has 0 spiro atoms. The smallest absolute Gasteiger partial charge is 0.191 e. The predicted octanol–water partition coefficient (Wildman–Crippen LogP) is 2.68. The fraction of sp³-hybridized carbons (Fsp3) is 0.562. The highest BCUT2D eigenvalue weighted by atomic mass is 32.2. The highest BCUT2D eigenvalue weighted by molar-refractivity contribution is 7.93. The molecular weight excluding hydrogens is 288 g/mol. The fourth-order valence-electron chi connectivity index (χ4n) is 2.87. The van der Waals surface area contributed by atoms with Crippen LogP contribution in [0.25, 0.3) is 0 Å². The molecule has 5 heteroatoms. The molecule has 2 rings (SSSR count). The SMILES string of the molecule is CC[C@]1(C)OC(C)(C)C(=O)[C@H]1S(=O)(=O)c1ccc(C)cc1. The molecule has 1 saturated heterocycles. The van der Waals surface area contributed by atoms with E-state index in [1.165, 1.54) is 0 Å². The highest BCUT2D eigenvalue weighted by Gasteiger charge is 2.60. The number of aryl methyl sites for hydroxylation is 1. The molecule has 1 aliphatic rings. The minimum atomic E-state index is -3.77. The van der Waals surface area contributed by atoms with Crippen LogP contribution in [-0.4, -0.2) is 30.7 Å². The largest absolute Gasteiger partial charge is 0.360 e. The topological polar surface area (TPSA) is 60.4 Å². The summed E-state index contributed by atoms with van der Waals surface area (Å²) in [7, 11) is -3.77.